The summed E-state index contributed by atoms with van der Waals surface area (Å²) in [6.45, 7) is 6.96. The summed E-state index contributed by atoms with van der Waals surface area (Å²) in [4.78, 5) is 3.38. The average Bonchev–Trinajstić information content (AvgIpc) is 2.62. The summed E-state index contributed by atoms with van der Waals surface area (Å²) in [5.41, 5.74) is 4.18. The first-order chi connectivity index (χ1) is 11.2. The number of rotatable bonds is 3. The van der Waals surface area contributed by atoms with Crippen LogP contribution in [0, 0.1) is 6.57 Å². The van der Waals surface area contributed by atoms with Crippen molar-refractivity contribution in [2.24, 2.45) is 10.2 Å². The lowest BCUT2D eigenvalue weighted by Gasteiger charge is -2.02. The highest BCUT2D eigenvalue weighted by atomic mass is 16.3. The second-order valence-electron chi connectivity index (χ2n) is 4.92. The molecule has 4 nitrogen and oxygen atoms in total. The molecule has 0 saturated carbocycles. The Balaban J connectivity index is 1.76. The van der Waals surface area contributed by atoms with Crippen molar-refractivity contribution in [2.45, 2.75) is 0 Å². The molecule has 0 unspecified atom stereocenters. The fourth-order valence-electron chi connectivity index (χ4n) is 2.08. The lowest BCUT2D eigenvalue weighted by molar-refractivity contribution is 0.475. The Morgan fingerprint density at radius 2 is 1.09 bits per heavy atom. The fraction of sp³-hybridized carbons (Fsp3) is 0. The molecule has 0 aliphatic rings. The number of aromatic hydroxyl groups is 1. The Labute approximate surface area is 134 Å². The molecule has 3 aromatic carbocycles. The van der Waals surface area contributed by atoms with E-state index in [9.17, 15) is 5.11 Å². The monoisotopic (exact) mass is 299 g/mol. The van der Waals surface area contributed by atoms with E-state index in [0.717, 1.165) is 16.8 Å². The highest BCUT2D eigenvalue weighted by Gasteiger charge is 1.99. The van der Waals surface area contributed by atoms with Gasteiger partial charge in [0.1, 0.15) is 5.75 Å². The van der Waals surface area contributed by atoms with E-state index in [1.54, 1.807) is 36.4 Å². The van der Waals surface area contributed by atoms with Crippen LogP contribution in [-0.4, -0.2) is 5.11 Å². The van der Waals surface area contributed by atoms with Crippen molar-refractivity contribution in [1.82, 2.24) is 0 Å². The van der Waals surface area contributed by atoms with Crippen LogP contribution in [-0.2, 0) is 0 Å². The number of benzene rings is 3. The van der Waals surface area contributed by atoms with E-state index < -0.39 is 0 Å². The predicted octanol–water partition coefficient (Wildman–Crippen LogP) is 6.03. The van der Waals surface area contributed by atoms with Gasteiger partial charge in [-0.3, -0.25) is 0 Å². The maximum Gasteiger partial charge on any atom is 0.187 e. The zero-order valence-electron chi connectivity index (χ0n) is 12.2. The number of nitrogens with zero attached hydrogens (tertiary/aromatic N) is 3. The molecule has 0 spiro atoms. The van der Waals surface area contributed by atoms with E-state index in [0.29, 0.717) is 11.4 Å². The average molecular weight is 299 g/mol. The Bertz CT molecular complexity index is 858. The van der Waals surface area contributed by atoms with Gasteiger partial charge in [-0.15, -0.1) is 0 Å². The van der Waals surface area contributed by atoms with Gasteiger partial charge in [-0.2, -0.15) is 10.2 Å². The molecule has 3 aromatic rings. The summed E-state index contributed by atoms with van der Waals surface area (Å²) in [6.07, 6.45) is 0. The molecule has 0 aliphatic heterocycles. The number of phenolic OH excluding ortho intramolecular Hbond substituents is 1. The molecule has 0 bridgehead atoms. The fourth-order valence-corrected chi connectivity index (χ4v) is 2.08. The topological polar surface area (TPSA) is 49.3 Å². The Morgan fingerprint density at radius 1 is 0.652 bits per heavy atom. The van der Waals surface area contributed by atoms with Crippen molar-refractivity contribution in [1.29, 1.82) is 0 Å². The third kappa shape index (κ3) is 3.60. The Hall–Kier alpha value is -3.45. The van der Waals surface area contributed by atoms with Crippen LogP contribution in [0.1, 0.15) is 0 Å². The summed E-state index contributed by atoms with van der Waals surface area (Å²) in [5.74, 6) is 0.206. The van der Waals surface area contributed by atoms with E-state index in [1.807, 2.05) is 36.4 Å². The van der Waals surface area contributed by atoms with Gasteiger partial charge in [-0.1, -0.05) is 36.4 Å². The van der Waals surface area contributed by atoms with Crippen molar-refractivity contribution >= 4 is 17.1 Å². The number of hydrogen-bond donors (Lipinski definition) is 1. The second-order valence-corrected chi connectivity index (χ2v) is 4.92. The molecular weight excluding hydrogens is 286 g/mol. The third-order valence-corrected chi connectivity index (χ3v) is 3.33. The summed E-state index contributed by atoms with van der Waals surface area (Å²) in [7, 11) is 0. The highest BCUT2D eigenvalue weighted by Crippen LogP contribution is 2.26. The molecule has 0 radical (unpaired) electrons. The van der Waals surface area contributed by atoms with Crippen LogP contribution >= 0.6 is 0 Å². The van der Waals surface area contributed by atoms with E-state index in [2.05, 4.69) is 15.1 Å². The van der Waals surface area contributed by atoms with Gasteiger partial charge in [-0.05, 0) is 47.5 Å². The minimum absolute atomic E-state index is 0.206. The summed E-state index contributed by atoms with van der Waals surface area (Å²) in [5, 5.41) is 17.5. The first-order valence-electron chi connectivity index (χ1n) is 7.03. The van der Waals surface area contributed by atoms with Gasteiger partial charge in [0.2, 0.25) is 0 Å². The van der Waals surface area contributed by atoms with Crippen LogP contribution in [0.2, 0.25) is 0 Å². The van der Waals surface area contributed by atoms with Gasteiger partial charge in [0.15, 0.2) is 5.69 Å². The van der Waals surface area contributed by atoms with E-state index in [4.69, 9.17) is 6.57 Å². The van der Waals surface area contributed by atoms with Gasteiger partial charge in [-0.25, -0.2) is 4.85 Å². The lowest BCUT2D eigenvalue weighted by atomic mass is 10.1. The van der Waals surface area contributed by atoms with Crippen LogP contribution in [0.25, 0.3) is 16.0 Å². The van der Waals surface area contributed by atoms with Gasteiger partial charge < -0.3 is 5.11 Å². The molecule has 0 atom stereocenters. The lowest BCUT2D eigenvalue weighted by Crippen LogP contribution is -1.75. The Morgan fingerprint density at radius 3 is 1.57 bits per heavy atom. The summed E-state index contributed by atoms with van der Waals surface area (Å²) in [6, 6.07) is 21.7. The van der Waals surface area contributed by atoms with Crippen LogP contribution in [0.3, 0.4) is 0 Å². The molecule has 0 aromatic heterocycles. The second kappa shape index (κ2) is 6.54. The van der Waals surface area contributed by atoms with Crippen molar-refractivity contribution in [2.75, 3.05) is 0 Å². The van der Waals surface area contributed by atoms with Gasteiger partial charge in [0, 0.05) is 0 Å². The van der Waals surface area contributed by atoms with Crippen molar-refractivity contribution < 1.29 is 5.11 Å². The van der Waals surface area contributed by atoms with Crippen LogP contribution < -0.4 is 0 Å². The molecule has 0 heterocycles. The van der Waals surface area contributed by atoms with Crippen molar-refractivity contribution in [3.05, 3.63) is 84.2 Å². The Kier molecular flexibility index (Phi) is 4.12. The minimum Gasteiger partial charge on any atom is -0.508 e. The van der Waals surface area contributed by atoms with Crippen LogP contribution in [0.15, 0.2) is 83.0 Å². The van der Waals surface area contributed by atoms with Crippen LogP contribution in [0.4, 0.5) is 17.1 Å². The summed E-state index contributed by atoms with van der Waals surface area (Å²) >= 11 is 0. The SMILES string of the molecule is [C-]#[N+]c1ccc(-c2ccc(N=Nc3ccc(O)cc3)cc2)cc1. The number of phenols is 1. The third-order valence-electron chi connectivity index (χ3n) is 3.33. The van der Waals surface area contributed by atoms with Crippen molar-refractivity contribution in [3.8, 4) is 16.9 Å². The van der Waals surface area contributed by atoms with E-state index in [-0.39, 0.29) is 5.75 Å². The van der Waals surface area contributed by atoms with Gasteiger partial charge >= 0.3 is 0 Å². The zero-order chi connectivity index (χ0) is 16.1. The molecule has 3 rings (SSSR count). The molecule has 0 amide bonds. The quantitative estimate of drug-likeness (QED) is 0.466. The smallest absolute Gasteiger partial charge is 0.187 e. The molecule has 1 N–H and O–H groups in total. The van der Waals surface area contributed by atoms with Gasteiger partial charge in [0.25, 0.3) is 0 Å². The maximum atomic E-state index is 9.23. The number of hydrogen-bond acceptors (Lipinski definition) is 3. The van der Waals surface area contributed by atoms with E-state index in [1.165, 1.54) is 0 Å². The molecular formula is C19H13N3O. The first-order valence-corrected chi connectivity index (χ1v) is 7.03. The minimum atomic E-state index is 0.206. The molecule has 4 heteroatoms. The molecule has 0 saturated heterocycles. The summed E-state index contributed by atoms with van der Waals surface area (Å²) < 4.78 is 0. The van der Waals surface area contributed by atoms with Crippen molar-refractivity contribution in [3.63, 3.8) is 0 Å². The van der Waals surface area contributed by atoms with Gasteiger partial charge in [0.05, 0.1) is 17.9 Å². The molecule has 0 fully saturated rings. The van der Waals surface area contributed by atoms with E-state index >= 15 is 0 Å². The first kappa shape index (κ1) is 14.5. The molecule has 0 aliphatic carbocycles. The number of azo groups is 1. The van der Waals surface area contributed by atoms with Crippen LogP contribution in [0.5, 0.6) is 5.75 Å². The highest BCUT2D eigenvalue weighted by molar-refractivity contribution is 5.67. The maximum absolute atomic E-state index is 9.23. The largest absolute Gasteiger partial charge is 0.508 e. The molecule has 110 valence electrons. The normalized spacial score (nSPS) is 10.6. The molecule has 23 heavy (non-hydrogen) atoms. The predicted molar refractivity (Wildman–Crippen MR) is 90.4 cm³/mol. The standard InChI is InChI=1S/C19H13N3O/c1-20-16-6-2-14(3-7-16)15-4-8-17(9-5-15)21-22-18-10-12-19(23)13-11-18/h2-13,23H. The zero-order valence-corrected chi connectivity index (χ0v) is 12.2.